The summed E-state index contributed by atoms with van der Waals surface area (Å²) in [6.45, 7) is 5.72. The number of nitrogens with one attached hydrogen (secondary N) is 1. The molecule has 0 spiro atoms. The number of tetrazole rings is 1. The van der Waals surface area contributed by atoms with Gasteiger partial charge < -0.3 is 9.88 Å². The molecule has 1 N–H and O–H groups in total. The first-order valence-corrected chi connectivity index (χ1v) is 10.9. The minimum atomic E-state index is -0.247. The summed E-state index contributed by atoms with van der Waals surface area (Å²) in [6, 6.07) is 8.29. The highest BCUT2D eigenvalue weighted by atomic mass is 16.1. The highest BCUT2D eigenvalue weighted by Crippen LogP contribution is 2.34. The monoisotopic (exact) mass is 407 g/mol. The summed E-state index contributed by atoms with van der Waals surface area (Å²) >= 11 is 0. The molecule has 5 rings (SSSR count). The molecule has 2 aromatic heterocycles. The van der Waals surface area contributed by atoms with Crippen LogP contribution in [0.15, 0.2) is 29.1 Å². The summed E-state index contributed by atoms with van der Waals surface area (Å²) in [5.41, 5.74) is 2.67. The van der Waals surface area contributed by atoms with E-state index in [-0.39, 0.29) is 11.6 Å². The van der Waals surface area contributed by atoms with E-state index in [1.54, 1.807) is 0 Å². The van der Waals surface area contributed by atoms with Crippen molar-refractivity contribution in [2.45, 2.75) is 44.7 Å². The van der Waals surface area contributed by atoms with Crippen molar-refractivity contribution < 1.29 is 0 Å². The number of nitrogens with zero attached hydrogens (tertiary/aromatic N) is 6. The highest BCUT2D eigenvalue weighted by molar-refractivity contribution is 5.79. The van der Waals surface area contributed by atoms with E-state index in [4.69, 9.17) is 0 Å². The van der Waals surface area contributed by atoms with Gasteiger partial charge in [0.2, 0.25) is 0 Å². The molecule has 1 atom stereocenters. The predicted molar refractivity (Wildman–Crippen MR) is 116 cm³/mol. The molecule has 3 heterocycles. The molecule has 1 saturated carbocycles. The van der Waals surface area contributed by atoms with E-state index >= 15 is 0 Å². The van der Waals surface area contributed by atoms with E-state index < -0.39 is 0 Å². The molecule has 2 aliphatic rings. The third kappa shape index (κ3) is 3.54. The van der Waals surface area contributed by atoms with Gasteiger partial charge in [0.15, 0.2) is 5.82 Å². The fraction of sp³-hybridized carbons (Fsp3) is 0.545. The molecule has 0 amide bonds. The number of hydrogen-bond acceptors (Lipinski definition) is 6. The highest BCUT2D eigenvalue weighted by Gasteiger charge is 2.34. The molecule has 0 bridgehead atoms. The molecule has 8 heteroatoms. The van der Waals surface area contributed by atoms with Crippen molar-refractivity contribution in [2.75, 3.05) is 33.2 Å². The molecule has 1 saturated heterocycles. The molecule has 8 nitrogen and oxygen atoms in total. The van der Waals surface area contributed by atoms with Gasteiger partial charge in [0.05, 0.1) is 6.04 Å². The first kappa shape index (κ1) is 19.4. The van der Waals surface area contributed by atoms with Crippen molar-refractivity contribution >= 4 is 10.9 Å². The molecule has 1 aliphatic heterocycles. The maximum absolute atomic E-state index is 13.3. The molecule has 158 valence electrons. The molecule has 3 aromatic rings. The van der Waals surface area contributed by atoms with Gasteiger partial charge in [0.25, 0.3) is 5.56 Å². The van der Waals surface area contributed by atoms with Crippen molar-refractivity contribution in [2.24, 2.45) is 0 Å². The second-order valence-electron chi connectivity index (χ2n) is 8.81. The standard InChI is InChI=1S/C22H29N7O/c1-15-7-8-16-14-18(22(30)23-19(16)13-15)20(28-11-9-27(2)10-12-28)21-24-25-26-29(21)17-5-3-4-6-17/h7-8,13-14,17,20H,3-6,9-12H2,1-2H3,(H,23,30)/t20-/m0/s1. The number of fused-ring (bicyclic) bond motifs is 1. The second-order valence-corrected chi connectivity index (χ2v) is 8.81. The number of likely N-dealkylation sites (N-methyl/N-ethyl adjacent to an activating group) is 1. The van der Waals surface area contributed by atoms with Crippen LogP contribution in [0.4, 0.5) is 0 Å². The van der Waals surface area contributed by atoms with Crippen LogP contribution in [0.25, 0.3) is 10.9 Å². The Bertz CT molecular complexity index is 1090. The first-order chi connectivity index (χ1) is 14.6. The van der Waals surface area contributed by atoms with Crippen LogP contribution >= 0.6 is 0 Å². The van der Waals surface area contributed by atoms with Crippen LogP contribution in [0.2, 0.25) is 0 Å². The fourth-order valence-electron chi connectivity index (χ4n) is 4.90. The normalized spacial score (nSPS) is 20.2. The summed E-state index contributed by atoms with van der Waals surface area (Å²) in [4.78, 5) is 21.0. The zero-order chi connectivity index (χ0) is 20.7. The van der Waals surface area contributed by atoms with Gasteiger partial charge in [-0.05, 0) is 60.3 Å². The summed E-state index contributed by atoms with van der Waals surface area (Å²) in [7, 11) is 2.14. The Morgan fingerprint density at radius 1 is 1.10 bits per heavy atom. The van der Waals surface area contributed by atoms with E-state index in [0.29, 0.717) is 6.04 Å². The summed E-state index contributed by atoms with van der Waals surface area (Å²) in [6.07, 6.45) is 4.61. The number of rotatable bonds is 4. The molecular weight excluding hydrogens is 378 g/mol. The Labute approximate surface area is 175 Å². The van der Waals surface area contributed by atoms with Gasteiger partial charge in [0.1, 0.15) is 6.04 Å². The third-order valence-electron chi connectivity index (χ3n) is 6.66. The van der Waals surface area contributed by atoms with Crippen LogP contribution in [-0.2, 0) is 0 Å². The summed E-state index contributed by atoms with van der Waals surface area (Å²) in [5.74, 6) is 0.795. The lowest BCUT2D eigenvalue weighted by molar-refractivity contribution is 0.120. The Morgan fingerprint density at radius 3 is 2.63 bits per heavy atom. The van der Waals surface area contributed by atoms with Crippen LogP contribution in [0, 0.1) is 6.92 Å². The van der Waals surface area contributed by atoms with Crippen molar-refractivity contribution in [3.05, 3.63) is 51.6 Å². The Morgan fingerprint density at radius 2 is 1.87 bits per heavy atom. The smallest absolute Gasteiger partial charge is 0.253 e. The molecule has 1 aromatic carbocycles. The van der Waals surface area contributed by atoms with Crippen molar-refractivity contribution in [3.8, 4) is 0 Å². The predicted octanol–water partition coefficient (Wildman–Crippen LogP) is 2.27. The number of pyridine rings is 1. The van der Waals surface area contributed by atoms with Crippen LogP contribution in [0.1, 0.15) is 54.7 Å². The van der Waals surface area contributed by atoms with Gasteiger partial charge >= 0.3 is 0 Å². The van der Waals surface area contributed by atoms with Gasteiger partial charge in [-0.3, -0.25) is 9.69 Å². The van der Waals surface area contributed by atoms with E-state index in [1.165, 1.54) is 12.8 Å². The van der Waals surface area contributed by atoms with E-state index in [1.807, 2.05) is 23.7 Å². The maximum Gasteiger partial charge on any atom is 0.253 e. The molecule has 30 heavy (non-hydrogen) atoms. The second kappa shape index (κ2) is 7.92. The topological polar surface area (TPSA) is 82.9 Å². The first-order valence-electron chi connectivity index (χ1n) is 10.9. The fourth-order valence-corrected chi connectivity index (χ4v) is 4.90. The number of piperazine rings is 1. The SMILES string of the molecule is Cc1ccc2cc([C@@H](c3nnnn3C3CCCC3)N3CCN(C)CC3)c(=O)[nH]c2c1. The summed E-state index contributed by atoms with van der Waals surface area (Å²) < 4.78 is 1.99. The number of H-pyrrole nitrogens is 1. The number of aromatic nitrogens is 5. The Hall–Kier alpha value is -2.58. The average Bonchev–Trinajstić information content (AvgIpc) is 3.42. The molecule has 1 aliphatic carbocycles. The van der Waals surface area contributed by atoms with Crippen LogP contribution in [-0.4, -0.2) is 68.2 Å². The molecule has 2 fully saturated rings. The zero-order valence-electron chi connectivity index (χ0n) is 17.7. The number of aromatic amines is 1. The lowest BCUT2D eigenvalue weighted by atomic mass is 10.0. The van der Waals surface area contributed by atoms with Crippen LogP contribution in [0.3, 0.4) is 0 Å². The van der Waals surface area contributed by atoms with Crippen LogP contribution in [0.5, 0.6) is 0 Å². The quantitative estimate of drug-likeness (QED) is 0.714. The average molecular weight is 408 g/mol. The minimum Gasteiger partial charge on any atom is -0.322 e. The molecule has 0 unspecified atom stereocenters. The lowest BCUT2D eigenvalue weighted by Crippen LogP contribution is -2.47. The van der Waals surface area contributed by atoms with Gasteiger partial charge in [0, 0.05) is 37.3 Å². The lowest BCUT2D eigenvalue weighted by Gasteiger charge is -2.37. The number of benzene rings is 1. The van der Waals surface area contributed by atoms with Crippen molar-refractivity contribution in [1.82, 2.24) is 35.0 Å². The Balaban J connectivity index is 1.63. The number of aryl methyl sites for hydroxylation is 1. The van der Waals surface area contributed by atoms with Crippen molar-refractivity contribution in [1.29, 1.82) is 0 Å². The molecular formula is C22H29N7O. The van der Waals surface area contributed by atoms with E-state index in [9.17, 15) is 4.79 Å². The van der Waals surface area contributed by atoms with Crippen LogP contribution < -0.4 is 5.56 Å². The van der Waals surface area contributed by atoms with Gasteiger partial charge in [-0.2, -0.15) is 0 Å². The largest absolute Gasteiger partial charge is 0.322 e. The zero-order valence-corrected chi connectivity index (χ0v) is 17.7. The minimum absolute atomic E-state index is 0.0574. The van der Waals surface area contributed by atoms with Gasteiger partial charge in [-0.25, -0.2) is 4.68 Å². The summed E-state index contributed by atoms with van der Waals surface area (Å²) in [5, 5.41) is 13.9. The van der Waals surface area contributed by atoms with Gasteiger partial charge in [-0.15, -0.1) is 5.10 Å². The molecule has 0 radical (unpaired) electrons. The Kier molecular flexibility index (Phi) is 5.12. The van der Waals surface area contributed by atoms with Gasteiger partial charge in [-0.1, -0.05) is 25.0 Å². The third-order valence-corrected chi connectivity index (χ3v) is 6.66. The number of hydrogen-bond donors (Lipinski definition) is 1. The van der Waals surface area contributed by atoms with E-state index in [0.717, 1.165) is 66.9 Å². The maximum atomic E-state index is 13.3. The van der Waals surface area contributed by atoms with Crippen molar-refractivity contribution in [3.63, 3.8) is 0 Å². The van der Waals surface area contributed by atoms with E-state index in [2.05, 4.69) is 49.5 Å².